The molecule has 3 aliphatic heterocycles. The number of rotatable bonds is 4. The van der Waals surface area contributed by atoms with Crippen LogP contribution in [0.25, 0.3) is 11.8 Å². The Kier molecular flexibility index (Phi) is 5.88. The maximum Gasteiger partial charge on any atom is 0.295 e. The summed E-state index contributed by atoms with van der Waals surface area (Å²) in [6.45, 7) is 2.93. The van der Waals surface area contributed by atoms with Crippen molar-refractivity contribution in [3.63, 3.8) is 0 Å². The van der Waals surface area contributed by atoms with Gasteiger partial charge in [0.1, 0.15) is 11.8 Å². The number of aliphatic imine (C=N–C) groups is 1. The second-order valence-corrected chi connectivity index (χ2v) is 8.65. The number of ether oxygens (including phenoxy) is 1. The second kappa shape index (κ2) is 9.13. The lowest BCUT2D eigenvalue weighted by Gasteiger charge is -2.39. The van der Waals surface area contributed by atoms with E-state index in [0.29, 0.717) is 54.2 Å². The third-order valence-corrected chi connectivity index (χ3v) is 6.46. The summed E-state index contributed by atoms with van der Waals surface area (Å²) in [7, 11) is 0. The van der Waals surface area contributed by atoms with E-state index in [1.807, 2.05) is 37.3 Å². The van der Waals surface area contributed by atoms with E-state index in [0.717, 1.165) is 5.70 Å². The topological polar surface area (TPSA) is 95.1 Å². The predicted molar refractivity (Wildman–Crippen MR) is 128 cm³/mol. The van der Waals surface area contributed by atoms with Crippen LogP contribution < -0.4 is 10.6 Å². The van der Waals surface area contributed by atoms with Crippen molar-refractivity contribution in [1.82, 2.24) is 14.8 Å². The quantitative estimate of drug-likeness (QED) is 0.551. The first kappa shape index (κ1) is 21.9. The first-order valence-corrected chi connectivity index (χ1v) is 11.5. The lowest BCUT2D eigenvalue weighted by Crippen LogP contribution is -2.57. The Balaban J connectivity index is 1.35. The number of piperazine rings is 1. The molecule has 8 nitrogen and oxygen atoms in total. The fourth-order valence-corrected chi connectivity index (χ4v) is 4.69. The van der Waals surface area contributed by atoms with Crippen LogP contribution in [0.15, 0.2) is 53.9 Å². The van der Waals surface area contributed by atoms with Crippen LogP contribution in [0.5, 0.6) is 0 Å². The number of ketones is 1. The summed E-state index contributed by atoms with van der Waals surface area (Å²) < 4.78 is 5.64. The van der Waals surface area contributed by atoms with Gasteiger partial charge in [0.05, 0.1) is 17.2 Å². The van der Waals surface area contributed by atoms with Gasteiger partial charge in [0.25, 0.3) is 17.6 Å². The van der Waals surface area contributed by atoms with Crippen molar-refractivity contribution in [2.24, 2.45) is 4.99 Å². The molecule has 2 aromatic rings. The van der Waals surface area contributed by atoms with Gasteiger partial charge in [-0.2, -0.15) is 0 Å². The Hall–Kier alpha value is -3.94. The van der Waals surface area contributed by atoms with Gasteiger partial charge < -0.3 is 19.5 Å². The number of H-pyrrole nitrogens is 1. The van der Waals surface area contributed by atoms with Crippen molar-refractivity contribution >= 4 is 35.6 Å². The molecule has 1 unspecified atom stereocenters. The van der Waals surface area contributed by atoms with E-state index in [-0.39, 0.29) is 18.1 Å². The van der Waals surface area contributed by atoms with Gasteiger partial charge in [-0.25, -0.2) is 0 Å². The molecule has 1 saturated heterocycles. The molecule has 0 spiro atoms. The maximum atomic E-state index is 13.3. The van der Waals surface area contributed by atoms with Crippen molar-refractivity contribution in [2.45, 2.75) is 31.9 Å². The normalized spacial score (nSPS) is 21.5. The molecule has 0 radical (unpaired) electrons. The average Bonchev–Trinajstić information content (AvgIpc) is 3.50. The number of aromatic nitrogens is 1. The maximum absolute atomic E-state index is 13.3. The summed E-state index contributed by atoms with van der Waals surface area (Å²) in [6.07, 6.45) is 9.92. The zero-order chi connectivity index (χ0) is 23.7. The van der Waals surface area contributed by atoms with Crippen LogP contribution in [0.1, 0.15) is 40.5 Å². The minimum absolute atomic E-state index is 0.0666. The first-order chi connectivity index (χ1) is 16.5. The van der Waals surface area contributed by atoms with E-state index in [2.05, 4.69) is 9.98 Å². The molecule has 3 aliphatic rings. The van der Waals surface area contributed by atoms with E-state index >= 15 is 0 Å². The molecule has 5 rings (SSSR count). The molecule has 8 heteroatoms. The van der Waals surface area contributed by atoms with Gasteiger partial charge in [0.15, 0.2) is 0 Å². The van der Waals surface area contributed by atoms with Crippen molar-refractivity contribution in [3.05, 3.63) is 70.6 Å². The van der Waals surface area contributed by atoms with E-state index < -0.39 is 11.7 Å². The van der Waals surface area contributed by atoms with Crippen LogP contribution in [0, 0.1) is 0 Å². The van der Waals surface area contributed by atoms with Crippen LogP contribution in [0.2, 0.25) is 0 Å². The minimum Gasteiger partial charge on any atom is -0.492 e. The minimum atomic E-state index is -0.560. The Morgan fingerprint density at radius 2 is 1.97 bits per heavy atom. The zero-order valence-electron chi connectivity index (χ0n) is 18.9. The largest absolute Gasteiger partial charge is 0.492 e. The van der Waals surface area contributed by atoms with Gasteiger partial charge in [0, 0.05) is 61.7 Å². The number of nitrogens with zero attached hydrogens (tertiary/aromatic N) is 3. The number of aromatic amines is 1. The van der Waals surface area contributed by atoms with Crippen LogP contribution in [0.4, 0.5) is 0 Å². The van der Waals surface area contributed by atoms with Gasteiger partial charge in [-0.1, -0.05) is 24.3 Å². The third kappa shape index (κ3) is 3.96. The summed E-state index contributed by atoms with van der Waals surface area (Å²) in [4.78, 5) is 50.3. The van der Waals surface area contributed by atoms with Gasteiger partial charge in [-0.3, -0.25) is 19.4 Å². The molecule has 2 amide bonds. The zero-order valence-corrected chi connectivity index (χ0v) is 18.9. The van der Waals surface area contributed by atoms with Crippen molar-refractivity contribution in [1.29, 1.82) is 0 Å². The molecule has 2 atom stereocenters. The molecule has 1 aromatic heterocycles. The molecule has 1 N–H and O–H groups in total. The van der Waals surface area contributed by atoms with Crippen molar-refractivity contribution in [3.8, 4) is 0 Å². The van der Waals surface area contributed by atoms with E-state index in [1.165, 1.54) is 0 Å². The SMILES string of the molecule is C[C@@H]1CN(C(=O)c2ccccc2)CCN1C(=O)C(=O)c1c[nH]c2c1=CCC=NC=2C1CC=CO1. The molecule has 4 heterocycles. The lowest BCUT2D eigenvalue weighted by atomic mass is 10.1. The van der Waals surface area contributed by atoms with E-state index in [4.69, 9.17) is 4.74 Å². The van der Waals surface area contributed by atoms with Crippen LogP contribution in [0.3, 0.4) is 0 Å². The second-order valence-electron chi connectivity index (χ2n) is 8.65. The van der Waals surface area contributed by atoms with E-state index in [9.17, 15) is 14.4 Å². The number of nitrogens with one attached hydrogen (secondary N) is 1. The molecule has 0 aliphatic carbocycles. The van der Waals surface area contributed by atoms with Crippen molar-refractivity contribution < 1.29 is 19.1 Å². The lowest BCUT2D eigenvalue weighted by molar-refractivity contribution is -0.130. The highest BCUT2D eigenvalue weighted by Gasteiger charge is 2.34. The van der Waals surface area contributed by atoms with Gasteiger partial charge in [-0.15, -0.1) is 0 Å². The molecule has 1 fully saturated rings. The number of benzene rings is 1. The summed E-state index contributed by atoms with van der Waals surface area (Å²) in [5, 5.41) is 1.40. The van der Waals surface area contributed by atoms with Gasteiger partial charge in [-0.05, 0) is 25.1 Å². The number of amides is 2. The third-order valence-electron chi connectivity index (χ3n) is 6.46. The predicted octanol–water partition coefficient (Wildman–Crippen LogP) is 1.24. The highest BCUT2D eigenvalue weighted by molar-refractivity contribution is 6.42. The van der Waals surface area contributed by atoms with Gasteiger partial charge in [0.2, 0.25) is 0 Å². The highest BCUT2D eigenvalue weighted by atomic mass is 16.5. The Morgan fingerprint density at radius 3 is 2.71 bits per heavy atom. The standard InChI is InChI=1S/C26H26N4O4/c1-17-16-29(25(32)18-7-3-2-4-8-18)12-13-30(17)26(33)24(31)20-15-28-22-19(20)9-5-11-27-23(22)21-10-6-14-34-21/h2-4,6-9,11,14-15,17,21,28H,5,10,12-13,16H2,1H3/t17-,21?/m1/s1. The summed E-state index contributed by atoms with van der Waals surface area (Å²) in [5.41, 5.74) is 1.68. The summed E-state index contributed by atoms with van der Waals surface area (Å²) in [6, 6.07) is 8.81. The number of hydrogen-bond acceptors (Lipinski definition) is 5. The summed E-state index contributed by atoms with van der Waals surface area (Å²) >= 11 is 0. The Bertz CT molecular complexity index is 1300. The molecule has 0 saturated carbocycles. The number of hydrogen-bond donors (Lipinski definition) is 1. The molecule has 0 bridgehead atoms. The Morgan fingerprint density at radius 1 is 1.15 bits per heavy atom. The number of carbonyl (C=O) groups is 3. The monoisotopic (exact) mass is 458 g/mol. The van der Waals surface area contributed by atoms with E-state index in [1.54, 1.807) is 40.6 Å². The number of carbonyl (C=O) groups excluding carboxylic acids is 3. The molecule has 34 heavy (non-hydrogen) atoms. The summed E-state index contributed by atoms with van der Waals surface area (Å²) in [5.74, 6) is -1.18. The van der Waals surface area contributed by atoms with Gasteiger partial charge >= 0.3 is 0 Å². The molecular formula is C26H26N4O4. The van der Waals surface area contributed by atoms with Crippen LogP contribution in [-0.2, 0) is 9.53 Å². The molecular weight excluding hydrogens is 432 g/mol. The van der Waals surface area contributed by atoms with Crippen LogP contribution >= 0.6 is 0 Å². The average molecular weight is 459 g/mol. The first-order valence-electron chi connectivity index (χ1n) is 11.5. The Labute approximate surface area is 196 Å². The molecule has 1 aromatic carbocycles. The smallest absolute Gasteiger partial charge is 0.295 e. The number of fused-ring (bicyclic) bond motifs is 1. The highest BCUT2D eigenvalue weighted by Crippen LogP contribution is 2.19. The number of Topliss-reactive ketones (excluding diaryl/α,β-unsaturated/α-hetero) is 1. The van der Waals surface area contributed by atoms with Crippen LogP contribution in [-0.4, -0.2) is 70.4 Å². The fourth-order valence-electron chi connectivity index (χ4n) is 4.69. The fraction of sp³-hybridized carbons (Fsp3) is 0.308. The van der Waals surface area contributed by atoms with Crippen molar-refractivity contribution in [2.75, 3.05) is 19.6 Å². The molecule has 174 valence electrons.